The first-order valence-corrected chi connectivity index (χ1v) is 7.37. The van der Waals surface area contributed by atoms with Gasteiger partial charge >= 0.3 is 0 Å². The number of carbonyl (C=O) groups excluding carboxylic acids is 1. The summed E-state index contributed by atoms with van der Waals surface area (Å²) in [6.45, 7) is 5.27. The molecule has 0 spiro atoms. The van der Waals surface area contributed by atoms with E-state index in [1.54, 1.807) is 12.4 Å². The number of hydrogen-bond donors (Lipinski definition) is 1. The normalized spacial score (nSPS) is 44.8. The zero-order valence-corrected chi connectivity index (χ0v) is 12.0. The van der Waals surface area contributed by atoms with Gasteiger partial charge in [-0.25, -0.2) is 0 Å². The molecule has 0 radical (unpaired) electrons. The van der Waals surface area contributed by atoms with Crippen LogP contribution in [0.5, 0.6) is 0 Å². The van der Waals surface area contributed by atoms with E-state index in [1.165, 1.54) is 6.42 Å². The summed E-state index contributed by atoms with van der Waals surface area (Å²) in [6, 6.07) is 3.70. The minimum atomic E-state index is -0.638. The lowest BCUT2D eigenvalue weighted by Gasteiger charge is -2.39. The summed E-state index contributed by atoms with van der Waals surface area (Å²) >= 11 is 0. The zero-order chi connectivity index (χ0) is 14.0. The van der Waals surface area contributed by atoms with E-state index >= 15 is 0 Å². The van der Waals surface area contributed by atoms with Crippen molar-refractivity contribution in [3.8, 4) is 0 Å². The number of rotatable bonds is 2. The van der Waals surface area contributed by atoms with Gasteiger partial charge in [-0.1, -0.05) is 13.8 Å². The Balaban J connectivity index is 1.68. The van der Waals surface area contributed by atoms with Gasteiger partial charge in [-0.15, -0.1) is 0 Å². The summed E-state index contributed by atoms with van der Waals surface area (Å²) in [7, 11) is 0. The van der Waals surface area contributed by atoms with E-state index in [1.807, 2.05) is 12.1 Å². The molecular weight excluding hydrogens is 252 g/mol. The van der Waals surface area contributed by atoms with E-state index in [0.717, 1.165) is 18.5 Å². The van der Waals surface area contributed by atoms with Gasteiger partial charge in [0.2, 0.25) is 0 Å². The lowest BCUT2D eigenvalue weighted by Crippen LogP contribution is -2.52. The molecule has 1 aromatic rings. The molecule has 4 atom stereocenters. The minimum Gasteiger partial charge on any atom is -0.364 e. The fourth-order valence-corrected chi connectivity index (χ4v) is 4.93. The first-order valence-electron chi connectivity index (χ1n) is 7.37. The molecular formula is C16H20N2O2. The predicted octanol–water partition coefficient (Wildman–Crippen LogP) is 2.62. The molecule has 4 rings (SSSR count). The van der Waals surface area contributed by atoms with Crippen LogP contribution in [0.15, 0.2) is 24.5 Å². The topological polar surface area (TPSA) is 51.2 Å². The Morgan fingerprint density at radius 3 is 3.00 bits per heavy atom. The van der Waals surface area contributed by atoms with Crippen LogP contribution in [0.4, 0.5) is 5.69 Å². The average molecular weight is 272 g/mol. The summed E-state index contributed by atoms with van der Waals surface area (Å²) in [4.78, 5) is 16.9. The van der Waals surface area contributed by atoms with Gasteiger partial charge in [-0.2, -0.15) is 0 Å². The fraction of sp³-hybridized carbons (Fsp3) is 0.625. The number of anilines is 1. The molecule has 1 aliphatic heterocycles. The molecule has 3 fully saturated rings. The van der Waals surface area contributed by atoms with E-state index in [2.05, 4.69) is 24.1 Å². The second kappa shape index (κ2) is 3.61. The maximum Gasteiger partial charge on any atom is 0.257 e. The maximum absolute atomic E-state index is 12.9. The van der Waals surface area contributed by atoms with Crippen LogP contribution in [0, 0.1) is 16.7 Å². The van der Waals surface area contributed by atoms with Crippen LogP contribution in [-0.2, 0) is 9.53 Å². The van der Waals surface area contributed by atoms with Crippen LogP contribution in [0.2, 0.25) is 0 Å². The number of nitrogens with zero attached hydrogens (tertiary/aromatic N) is 1. The van der Waals surface area contributed by atoms with E-state index in [-0.39, 0.29) is 16.7 Å². The van der Waals surface area contributed by atoms with Gasteiger partial charge in [0.1, 0.15) is 0 Å². The highest BCUT2D eigenvalue weighted by Crippen LogP contribution is 2.75. The molecule has 106 valence electrons. The molecule has 2 aliphatic carbocycles. The number of pyridine rings is 1. The monoisotopic (exact) mass is 272 g/mol. The van der Waals surface area contributed by atoms with Gasteiger partial charge in [0.15, 0.2) is 5.60 Å². The summed E-state index contributed by atoms with van der Waals surface area (Å²) in [5, 5.41) is 3.00. The molecule has 0 unspecified atom stereocenters. The molecule has 4 bridgehead atoms. The van der Waals surface area contributed by atoms with Crippen molar-refractivity contribution in [2.24, 2.45) is 16.7 Å². The Bertz CT molecular complexity index is 575. The largest absolute Gasteiger partial charge is 0.364 e. The smallest absolute Gasteiger partial charge is 0.257 e. The summed E-state index contributed by atoms with van der Waals surface area (Å²) < 4.78 is 6.08. The molecule has 4 nitrogen and oxygen atoms in total. The van der Waals surface area contributed by atoms with E-state index < -0.39 is 5.60 Å². The molecule has 20 heavy (non-hydrogen) atoms. The Kier molecular flexibility index (Phi) is 2.23. The first-order chi connectivity index (χ1) is 9.52. The van der Waals surface area contributed by atoms with Crippen LogP contribution in [0.25, 0.3) is 0 Å². The molecule has 1 aromatic heterocycles. The lowest BCUT2D eigenvalue weighted by molar-refractivity contribution is -0.149. The van der Waals surface area contributed by atoms with Gasteiger partial charge in [0.25, 0.3) is 5.91 Å². The average Bonchev–Trinajstić information content (AvgIpc) is 2.92. The highest BCUT2D eigenvalue weighted by Gasteiger charge is 2.78. The van der Waals surface area contributed by atoms with Crippen LogP contribution < -0.4 is 5.32 Å². The second-order valence-corrected chi connectivity index (χ2v) is 7.00. The zero-order valence-electron chi connectivity index (χ0n) is 12.0. The summed E-state index contributed by atoms with van der Waals surface area (Å²) in [5.74, 6) is 0.639. The number of aromatic nitrogens is 1. The van der Waals surface area contributed by atoms with Crippen LogP contribution >= 0.6 is 0 Å². The molecule has 1 amide bonds. The van der Waals surface area contributed by atoms with Gasteiger partial charge < -0.3 is 10.1 Å². The van der Waals surface area contributed by atoms with Crippen molar-refractivity contribution in [2.45, 2.75) is 38.7 Å². The molecule has 4 heteroatoms. The Hall–Kier alpha value is -1.42. The maximum atomic E-state index is 12.9. The second-order valence-electron chi connectivity index (χ2n) is 7.00. The van der Waals surface area contributed by atoms with Crippen molar-refractivity contribution >= 4 is 11.6 Å². The predicted molar refractivity (Wildman–Crippen MR) is 75.1 cm³/mol. The Labute approximate surface area is 118 Å². The molecule has 3 aliphatic rings. The number of carbonyl (C=O) groups is 1. The van der Waals surface area contributed by atoms with Crippen LogP contribution in [-0.4, -0.2) is 23.1 Å². The third kappa shape index (κ3) is 1.17. The SMILES string of the molecule is C[C@@]12CC[C@H]3C[C@@]1(C(=O)Nc1cccnc1)OC[C@]32C. The van der Waals surface area contributed by atoms with Gasteiger partial charge in [-0.3, -0.25) is 9.78 Å². The van der Waals surface area contributed by atoms with Crippen LogP contribution in [0.1, 0.15) is 33.1 Å². The Morgan fingerprint density at radius 2 is 2.35 bits per heavy atom. The van der Waals surface area contributed by atoms with E-state index in [0.29, 0.717) is 12.5 Å². The lowest BCUT2D eigenvalue weighted by atomic mass is 9.66. The third-order valence-corrected chi connectivity index (χ3v) is 6.48. The summed E-state index contributed by atoms with van der Waals surface area (Å²) in [6.07, 6.45) is 6.58. The molecule has 2 saturated carbocycles. The number of hydrogen-bond acceptors (Lipinski definition) is 3. The quantitative estimate of drug-likeness (QED) is 0.900. The van der Waals surface area contributed by atoms with Gasteiger partial charge in [0, 0.05) is 17.0 Å². The summed E-state index contributed by atoms with van der Waals surface area (Å²) in [5.41, 5.74) is 0.243. The van der Waals surface area contributed by atoms with E-state index in [4.69, 9.17) is 4.74 Å². The number of amides is 1. The molecule has 1 N–H and O–H groups in total. The number of ether oxygens (including phenoxy) is 1. The van der Waals surface area contributed by atoms with Crippen molar-refractivity contribution < 1.29 is 9.53 Å². The Morgan fingerprint density at radius 1 is 1.50 bits per heavy atom. The minimum absolute atomic E-state index is 0.0129. The third-order valence-electron chi connectivity index (χ3n) is 6.48. The van der Waals surface area contributed by atoms with Crippen molar-refractivity contribution in [1.82, 2.24) is 4.98 Å². The van der Waals surface area contributed by atoms with E-state index in [9.17, 15) is 4.79 Å². The van der Waals surface area contributed by atoms with Crippen molar-refractivity contribution in [2.75, 3.05) is 11.9 Å². The van der Waals surface area contributed by atoms with Crippen molar-refractivity contribution in [3.05, 3.63) is 24.5 Å². The molecule has 2 heterocycles. The van der Waals surface area contributed by atoms with Crippen molar-refractivity contribution in [3.63, 3.8) is 0 Å². The molecule has 0 aromatic carbocycles. The highest BCUT2D eigenvalue weighted by molar-refractivity contribution is 5.99. The fourth-order valence-electron chi connectivity index (χ4n) is 4.93. The molecule has 1 saturated heterocycles. The van der Waals surface area contributed by atoms with Crippen LogP contribution in [0.3, 0.4) is 0 Å². The number of nitrogens with one attached hydrogen (secondary N) is 1. The first kappa shape index (κ1) is 12.3. The van der Waals surface area contributed by atoms with Crippen molar-refractivity contribution in [1.29, 1.82) is 0 Å². The van der Waals surface area contributed by atoms with Gasteiger partial charge in [-0.05, 0) is 37.3 Å². The standard InChI is InChI=1S/C16H20N2O2/c1-14-10-20-16(8-11(14)5-6-15(14,16)2)13(19)18-12-4-3-7-17-9-12/h3-4,7,9,11H,5-6,8,10H2,1-2H3,(H,18,19)/t11-,14+,15-,16-/m0/s1. The highest BCUT2D eigenvalue weighted by atomic mass is 16.5. The van der Waals surface area contributed by atoms with Gasteiger partial charge in [0.05, 0.1) is 18.5 Å².